The zero-order valence-electron chi connectivity index (χ0n) is 16.7. The highest BCUT2D eigenvalue weighted by molar-refractivity contribution is 5.73. The molecular weight excluding hydrogens is 294 g/mol. The summed E-state index contributed by atoms with van der Waals surface area (Å²) in [6.07, 6.45) is 5.27. The molecule has 3 nitrogen and oxygen atoms in total. The number of rotatable bonds is 3. The van der Waals surface area contributed by atoms with Gasteiger partial charge in [-0.1, -0.05) is 19.9 Å². The summed E-state index contributed by atoms with van der Waals surface area (Å²) in [5.74, 6) is 0.971. The van der Waals surface area contributed by atoms with E-state index in [1.54, 1.807) is 0 Å². The molecule has 1 aliphatic heterocycles. The maximum Gasteiger partial charge on any atom is 0.213 e. The molecule has 0 spiro atoms. The first kappa shape index (κ1) is 12.9. The Morgan fingerprint density at radius 3 is 2.96 bits per heavy atom. The lowest BCUT2D eigenvalue weighted by Crippen LogP contribution is -2.31. The molecule has 1 aromatic carbocycles. The molecule has 0 radical (unpaired) electrons. The summed E-state index contributed by atoms with van der Waals surface area (Å²) in [5.41, 5.74) is 6.62. The van der Waals surface area contributed by atoms with E-state index in [4.69, 9.17) is 2.74 Å². The van der Waals surface area contributed by atoms with Crippen molar-refractivity contribution in [2.75, 3.05) is 0 Å². The van der Waals surface area contributed by atoms with Crippen LogP contribution < -0.4 is 4.57 Å². The summed E-state index contributed by atoms with van der Waals surface area (Å²) in [6.45, 7) is 5.98. The molecule has 0 unspecified atom stereocenters. The second kappa shape index (κ2) is 5.59. The fourth-order valence-corrected chi connectivity index (χ4v) is 3.60. The van der Waals surface area contributed by atoms with Crippen molar-refractivity contribution in [1.29, 1.82) is 0 Å². The quantitative estimate of drug-likeness (QED) is 0.527. The molecule has 0 atom stereocenters. The van der Waals surface area contributed by atoms with Gasteiger partial charge in [0.25, 0.3) is 0 Å². The lowest BCUT2D eigenvalue weighted by Gasteiger charge is -2.12. The van der Waals surface area contributed by atoms with Gasteiger partial charge < -0.3 is 4.57 Å². The highest BCUT2D eigenvalue weighted by Gasteiger charge is 2.26. The van der Waals surface area contributed by atoms with Crippen LogP contribution in [0.2, 0.25) is 0 Å². The van der Waals surface area contributed by atoms with Gasteiger partial charge >= 0.3 is 0 Å². The van der Waals surface area contributed by atoms with Crippen LogP contribution in [0.25, 0.3) is 16.9 Å². The van der Waals surface area contributed by atoms with Crippen LogP contribution in [-0.2, 0) is 19.8 Å². The maximum absolute atomic E-state index is 8.48. The zero-order valence-corrected chi connectivity index (χ0v) is 14.7. The van der Waals surface area contributed by atoms with Crippen molar-refractivity contribution in [2.45, 2.75) is 33.6 Å². The van der Waals surface area contributed by atoms with E-state index in [0.717, 1.165) is 23.5 Å². The Labute approximate surface area is 146 Å². The number of nitrogens with zero attached hydrogens (tertiary/aromatic N) is 3. The molecule has 3 aromatic rings. The number of aromatic nitrogens is 3. The molecule has 24 heavy (non-hydrogen) atoms. The SMILES string of the molecule is [2H]C([2H])(c1cc[n+](C)c(-c2c(C)ccc3c2Cc2nccn2-3)c1)C(C)C. The third-order valence-electron chi connectivity index (χ3n) is 4.67. The number of hydrogen-bond acceptors (Lipinski definition) is 1. The fourth-order valence-electron chi connectivity index (χ4n) is 3.60. The van der Waals surface area contributed by atoms with Gasteiger partial charge in [0, 0.05) is 33.7 Å². The van der Waals surface area contributed by atoms with Crippen molar-refractivity contribution >= 4 is 0 Å². The van der Waals surface area contributed by atoms with Gasteiger partial charge in [-0.05, 0) is 42.0 Å². The molecule has 0 bridgehead atoms. The molecule has 1 aliphatic rings. The van der Waals surface area contributed by atoms with E-state index in [1.807, 2.05) is 51.6 Å². The molecule has 0 saturated heterocycles. The summed E-state index contributed by atoms with van der Waals surface area (Å²) in [4.78, 5) is 4.47. The van der Waals surface area contributed by atoms with E-state index in [9.17, 15) is 0 Å². The molecule has 122 valence electrons. The van der Waals surface area contributed by atoms with Crippen LogP contribution >= 0.6 is 0 Å². The van der Waals surface area contributed by atoms with Crippen LogP contribution in [0.1, 0.15) is 39.1 Å². The fraction of sp³-hybridized carbons (Fsp3) is 0.333. The number of pyridine rings is 1. The molecule has 3 heteroatoms. The molecule has 0 aliphatic carbocycles. The third-order valence-corrected chi connectivity index (χ3v) is 4.67. The second-order valence-corrected chi connectivity index (χ2v) is 6.86. The molecule has 3 heterocycles. The van der Waals surface area contributed by atoms with Gasteiger partial charge in [0.15, 0.2) is 6.20 Å². The minimum absolute atomic E-state index is 0.0874. The van der Waals surface area contributed by atoms with Gasteiger partial charge in [-0.3, -0.25) is 0 Å². The van der Waals surface area contributed by atoms with Crippen molar-refractivity contribution in [2.24, 2.45) is 13.0 Å². The van der Waals surface area contributed by atoms with Crippen molar-refractivity contribution in [3.05, 3.63) is 65.4 Å². The van der Waals surface area contributed by atoms with E-state index < -0.39 is 6.37 Å². The zero-order chi connectivity index (χ0) is 18.6. The minimum Gasteiger partial charge on any atom is -0.303 e. The van der Waals surface area contributed by atoms with Gasteiger partial charge in [-0.2, -0.15) is 0 Å². The lowest BCUT2D eigenvalue weighted by molar-refractivity contribution is -0.660. The second-order valence-electron chi connectivity index (χ2n) is 6.86. The first-order chi connectivity index (χ1) is 12.3. The molecule has 0 saturated carbocycles. The normalized spacial score (nSPS) is 14.4. The Morgan fingerprint density at radius 2 is 2.17 bits per heavy atom. The number of aryl methyl sites for hydroxylation is 2. The Morgan fingerprint density at radius 1 is 1.33 bits per heavy atom. The van der Waals surface area contributed by atoms with Crippen LogP contribution in [0.15, 0.2) is 42.9 Å². The van der Waals surface area contributed by atoms with Crippen LogP contribution in [0.3, 0.4) is 0 Å². The Hall–Kier alpha value is -2.42. The third kappa shape index (κ3) is 2.35. The summed E-state index contributed by atoms with van der Waals surface area (Å²) in [5, 5.41) is 0. The van der Waals surface area contributed by atoms with Gasteiger partial charge in [0.1, 0.15) is 12.9 Å². The van der Waals surface area contributed by atoms with Crippen LogP contribution in [-0.4, -0.2) is 9.55 Å². The maximum atomic E-state index is 8.48. The van der Waals surface area contributed by atoms with Gasteiger partial charge in [0.2, 0.25) is 5.69 Å². The molecule has 0 amide bonds. The van der Waals surface area contributed by atoms with E-state index in [1.165, 1.54) is 22.4 Å². The van der Waals surface area contributed by atoms with E-state index in [2.05, 4.69) is 33.2 Å². The summed E-state index contributed by atoms with van der Waals surface area (Å²) >= 11 is 0. The minimum atomic E-state index is -1.36. The smallest absolute Gasteiger partial charge is 0.213 e. The van der Waals surface area contributed by atoms with Crippen LogP contribution in [0.5, 0.6) is 0 Å². The Kier molecular flexibility index (Phi) is 3.01. The van der Waals surface area contributed by atoms with Crippen molar-refractivity contribution in [3.63, 3.8) is 0 Å². The van der Waals surface area contributed by atoms with E-state index in [-0.39, 0.29) is 5.92 Å². The largest absolute Gasteiger partial charge is 0.303 e. The highest BCUT2D eigenvalue weighted by atomic mass is 15.1. The van der Waals surface area contributed by atoms with Crippen LogP contribution in [0.4, 0.5) is 0 Å². The average Bonchev–Trinajstić information content (AvgIpc) is 3.16. The number of fused-ring (bicyclic) bond motifs is 3. The van der Waals surface area contributed by atoms with Gasteiger partial charge in [-0.15, -0.1) is 0 Å². The van der Waals surface area contributed by atoms with Gasteiger partial charge in [-0.25, -0.2) is 9.55 Å². The van der Waals surface area contributed by atoms with E-state index >= 15 is 0 Å². The summed E-state index contributed by atoms with van der Waals surface area (Å²) < 4.78 is 21.2. The van der Waals surface area contributed by atoms with Crippen molar-refractivity contribution in [3.8, 4) is 16.9 Å². The van der Waals surface area contributed by atoms with Crippen LogP contribution in [0, 0.1) is 12.8 Å². The molecule has 0 N–H and O–H groups in total. The lowest BCUT2D eigenvalue weighted by atomic mass is 9.94. The monoisotopic (exact) mass is 320 g/mol. The number of hydrogen-bond donors (Lipinski definition) is 0. The molecular formula is C21H24N3+. The topological polar surface area (TPSA) is 21.7 Å². The van der Waals surface area contributed by atoms with Crippen molar-refractivity contribution in [1.82, 2.24) is 9.55 Å². The predicted molar refractivity (Wildman–Crippen MR) is 96.3 cm³/mol. The number of imidazole rings is 1. The number of benzene rings is 1. The standard InChI is InChI=1S/C21H24N3/c1-14(2)11-16-7-9-23(4)19(12-16)21-15(3)5-6-18-17(21)13-20-22-8-10-24(18)20/h5-10,12,14H,11,13H2,1-4H3/q+1/i11D2. The first-order valence-electron chi connectivity index (χ1n) is 9.46. The molecule has 2 aromatic heterocycles. The van der Waals surface area contributed by atoms with E-state index in [0.29, 0.717) is 0 Å². The Balaban J connectivity index is 1.93. The summed E-state index contributed by atoms with van der Waals surface area (Å²) in [6, 6.07) is 8.22. The Bertz CT molecular complexity index is 1000. The summed E-state index contributed by atoms with van der Waals surface area (Å²) in [7, 11) is 2.02. The first-order valence-corrected chi connectivity index (χ1v) is 8.46. The molecule has 0 fully saturated rings. The molecule has 4 rings (SSSR count). The highest BCUT2D eigenvalue weighted by Crippen LogP contribution is 2.36. The average molecular weight is 320 g/mol. The van der Waals surface area contributed by atoms with Gasteiger partial charge in [0.05, 0.1) is 11.3 Å². The van der Waals surface area contributed by atoms with Crippen molar-refractivity contribution < 1.29 is 7.31 Å². The predicted octanol–water partition coefficient (Wildman–Crippen LogP) is 3.77.